The standard InChI is InChI=1S/C16H24N2O4S/c1-16(2,3)22-15(19)18-9-13-7-8-14(10-17-13)23(20,21)11-12-5-4-6-12/h7-8,10,12H,4-6,9,11H2,1-3H3,(H,18,19). The Balaban J connectivity index is 1.90. The molecule has 6 nitrogen and oxygen atoms in total. The van der Waals surface area contributed by atoms with E-state index in [9.17, 15) is 13.2 Å². The predicted molar refractivity (Wildman–Crippen MR) is 86.7 cm³/mol. The summed E-state index contributed by atoms with van der Waals surface area (Å²) in [4.78, 5) is 15.9. The second kappa shape index (κ2) is 6.86. The number of sulfone groups is 1. The van der Waals surface area contributed by atoms with Crippen molar-refractivity contribution in [2.24, 2.45) is 5.92 Å². The molecule has 1 amide bonds. The fraction of sp³-hybridized carbons (Fsp3) is 0.625. The highest BCUT2D eigenvalue weighted by atomic mass is 32.2. The zero-order chi connectivity index (χ0) is 17.1. The zero-order valence-electron chi connectivity index (χ0n) is 13.8. The highest BCUT2D eigenvalue weighted by Crippen LogP contribution is 2.29. The maximum absolute atomic E-state index is 12.2. The molecule has 7 heteroatoms. The van der Waals surface area contributed by atoms with Crippen LogP contribution in [0.25, 0.3) is 0 Å². The van der Waals surface area contributed by atoms with Crippen LogP contribution >= 0.6 is 0 Å². The quantitative estimate of drug-likeness (QED) is 0.890. The summed E-state index contributed by atoms with van der Waals surface area (Å²) in [5, 5.41) is 2.59. The number of carbonyl (C=O) groups is 1. The van der Waals surface area contributed by atoms with Crippen LogP contribution in [0.5, 0.6) is 0 Å². The summed E-state index contributed by atoms with van der Waals surface area (Å²) < 4.78 is 29.6. The molecule has 0 unspecified atom stereocenters. The van der Waals surface area contributed by atoms with Crippen molar-refractivity contribution >= 4 is 15.9 Å². The van der Waals surface area contributed by atoms with Gasteiger partial charge in [-0.1, -0.05) is 6.42 Å². The van der Waals surface area contributed by atoms with Gasteiger partial charge in [-0.25, -0.2) is 13.2 Å². The lowest BCUT2D eigenvalue weighted by Gasteiger charge is -2.24. The zero-order valence-corrected chi connectivity index (χ0v) is 14.6. The van der Waals surface area contributed by atoms with Gasteiger partial charge in [0, 0.05) is 6.20 Å². The molecule has 1 aliphatic carbocycles. The molecule has 1 fully saturated rings. The van der Waals surface area contributed by atoms with Gasteiger partial charge in [0.1, 0.15) is 5.60 Å². The SMILES string of the molecule is CC(C)(C)OC(=O)NCc1ccc(S(=O)(=O)CC2CCC2)cn1. The Morgan fingerprint density at radius 2 is 2.04 bits per heavy atom. The Kier molecular flexibility index (Phi) is 5.29. The van der Waals surface area contributed by atoms with Gasteiger partial charge in [0.25, 0.3) is 0 Å². The summed E-state index contributed by atoms with van der Waals surface area (Å²) in [6.45, 7) is 5.55. The summed E-state index contributed by atoms with van der Waals surface area (Å²) >= 11 is 0. The largest absolute Gasteiger partial charge is 0.444 e. The van der Waals surface area contributed by atoms with E-state index >= 15 is 0 Å². The lowest BCUT2D eigenvalue weighted by atomic mass is 9.87. The van der Waals surface area contributed by atoms with Crippen LogP contribution in [0.1, 0.15) is 45.7 Å². The number of carbonyl (C=O) groups excluding carboxylic acids is 1. The highest BCUT2D eigenvalue weighted by Gasteiger charge is 2.26. The number of rotatable bonds is 5. The smallest absolute Gasteiger partial charge is 0.407 e. The summed E-state index contributed by atoms with van der Waals surface area (Å²) in [5.41, 5.74) is 0.0233. The van der Waals surface area contributed by atoms with Crippen LogP contribution in [-0.4, -0.2) is 30.8 Å². The van der Waals surface area contributed by atoms with E-state index in [2.05, 4.69) is 10.3 Å². The van der Waals surface area contributed by atoms with Gasteiger partial charge in [-0.3, -0.25) is 4.98 Å². The first-order valence-electron chi connectivity index (χ1n) is 7.80. The molecule has 128 valence electrons. The molecule has 1 aromatic rings. The van der Waals surface area contributed by atoms with Crippen molar-refractivity contribution in [3.05, 3.63) is 24.0 Å². The monoisotopic (exact) mass is 340 g/mol. The maximum atomic E-state index is 12.2. The lowest BCUT2D eigenvalue weighted by Crippen LogP contribution is -2.32. The van der Waals surface area contributed by atoms with E-state index in [1.165, 1.54) is 6.20 Å². The van der Waals surface area contributed by atoms with E-state index in [0.717, 1.165) is 19.3 Å². The average Bonchev–Trinajstić information content (AvgIpc) is 2.39. The molecule has 0 aliphatic heterocycles. The Morgan fingerprint density at radius 1 is 1.35 bits per heavy atom. The van der Waals surface area contributed by atoms with E-state index < -0.39 is 21.5 Å². The third kappa shape index (κ3) is 5.49. The topological polar surface area (TPSA) is 85.4 Å². The molecular weight excluding hydrogens is 316 g/mol. The van der Waals surface area contributed by atoms with E-state index in [1.807, 2.05) is 0 Å². The molecule has 1 aliphatic rings. The predicted octanol–water partition coefficient (Wildman–Crippen LogP) is 2.68. The van der Waals surface area contributed by atoms with Gasteiger partial charge < -0.3 is 10.1 Å². The molecule has 0 radical (unpaired) electrons. The van der Waals surface area contributed by atoms with Gasteiger partial charge in [-0.05, 0) is 51.7 Å². The first kappa shape index (κ1) is 17.7. The van der Waals surface area contributed by atoms with Crippen LogP contribution in [0, 0.1) is 5.92 Å². The lowest BCUT2D eigenvalue weighted by molar-refractivity contribution is 0.0523. The number of ether oxygens (including phenoxy) is 1. The Bertz CT molecular complexity index is 644. The molecular formula is C16H24N2O4S. The maximum Gasteiger partial charge on any atom is 0.407 e. The number of aromatic nitrogens is 1. The molecule has 0 saturated heterocycles. The third-order valence-electron chi connectivity index (χ3n) is 3.65. The van der Waals surface area contributed by atoms with Crippen molar-refractivity contribution in [2.75, 3.05) is 5.75 Å². The summed E-state index contributed by atoms with van der Waals surface area (Å²) in [7, 11) is -3.27. The number of alkyl carbamates (subject to hydrolysis) is 1. The van der Waals surface area contributed by atoms with Gasteiger partial charge in [-0.15, -0.1) is 0 Å². The number of amides is 1. The molecule has 0 atom stereocenters. The first-order chi connectivity index (χ1) is 10.7. The third-order valence-corrected chi connectivity index (χ3v) is 5.52. The number of pyridine rings is 1. The average molecular weight is 340 g/mol. The van der Waals surface area contributed by atoms with Crippen molar-refractivity contribution in [2.45, 2.75) is 57.1 Å². The van der Waals surface area contributed by atoms with Crippen molar-refractivity contribution in [3.63, 3.8) is 0 Å². The molecule has 1 aromatic heterocycles. The minimum atomic E-state index is -3.27. The van der Waals surface area contributed by atoms with Crippen LogP contribution in [0.2, 0.25) is 0 Å². The van der Waals surface area contributed by atoms with E-state index in [0.29, 0.717) is 5.69 Å². The normalized spacial score (nSPS) is 15.8. The fourth-order valence-corrected chi connectivity index (χ4v) is 3.88. The van der Waals surface area contributed by atoms with Crippen molar-refractivity contribution in [1.29, 1.82) is 0 Å². The molecule has 1 saturated carbocycles. The number of nitrogens with zero attached hydrogens (tertiary/aromatic N) is 1. The van der Waals surface area contributed by atoms with E-state index in [-0.39, 0.29) is 23.1 Å². The van der Waals surface area contributed by atoms with Gasteiger partial charge in [0.05, 0.1) is 22.9 Å². The van der Waals surface area contributed by atoms with Crippen LogP contribution in [0.4, 0.5) is 4.79 Å². The Labute approximate surface area is 137 Å². The van der Waals surface area contributed by atoms with E-state index in [4.69, 9.17) is 4.74 Å². The van der Waals surface area contributed by atoms with E-state index in [1.54, 1.807) is 32.9 Å². The Morgan fingerprint density at radius 3 is 2.52 bits per heavy atom. The molecule has 0 aromatic carbocycles. The van der Waals surface area contributed by atoms with Crippen molar-refractivity contribution in [3.8, 4) is 0 Å². The second-order valence-electron chi connectivity index (χ2n) is 6.92. The van der Waals surface area contributed by atoms with Gasteiger partial charge in [0.2, 0.25) is 0 Å². The molecule has 1 heterocycles. The molecule has 23 heavy (non-hydrogen) atoms. The minimum Gasteiger partial charge on any atom is -0.444 e. The minimum absolute atomic E-state index is 0.192. The number of hydrogen-bond acceptors (Lipinski definition) is 5. The molecule has 1 N–H and O–H groups in total. The Hall–Kier alpha value is -1.63. The molecule has 0 bridgehead atoms. The van der Waals surface area contributed by atoms with Gasteiger partial charge in [-0.2, -0.15) is 0 Å². The number of hydrogen-bond donors (Lipinski definition) is 1. The fourth-order valence-electron chi connectivity index (χ4n) is 2.24. The van der Waals surface area contributed by atoms with Crippen LogP contribution in [0.15, 0.2) is 23.2 Å². The van der Waals surface area contributed by atoms with Gasteiger partial charge >= 0.3 is 6.09 Å². The highest BCUT2D eigenvalue weighted by molar-refractivity contribution is 7.91. The number of nitrogens with one attached hydrogen (secondary N) is 1. The van der Waals surface area contributed by atoms with Crippen LogP contribution in [-0.2, 0) is 21.1 Å². The summed E-state index contributed by atoms with van der Waals surface area (Å²) in [6, 6.07) is 3.16. The van der Waals surface area contributed by atoms with Crippen molar-refractivity contribution in [1.82, 2.24) is 10.3 Å². The van der Waals surface area contributed by atoms with Crippen LogP contribution < -0.4 is 5.32 Å². The van der Waals surface area contributed by atoms with Crippen LogP contribution in [0.3, 0.4) is 0 Å². The summed E-state index contributed by atoms with van der Waals surface area (Å²) in [6.07, 6.45) is 3.93. The summed E-state index contributed by atoms with van der Waals surface area (Å²) in [5.74, 6) is 0.484. The second-order valence-corrected chi connectivity index (χ2v) is 8.95. The van der Waals surface area contributed by atoms with Gasteiger partial charge in [0.15, 0.2) is 9.84 Å². The van der Waals surface area contributed by atoms with Crippen molar-refractivity contribution < 1.29 is 17.9 Å². The molecule has 2 rings (SSSR count). The first-order valence-corrected chi connectivity index (χ1v) is 9.45. The molecule has 0 spiro atoms.